The van der Waals surface area contributed by atoms with Crippen molar-refractivity contribution in [2.45, 2.75) is 65.3 Å². The summed E-state index contributed by atoms with van der Waals surface area (Å²) >= 11 is 0. The van der Waals surface area contributed by atoms with Gasteiger partial charge in [0.2, 0.25) is 0 Å². The largest absolute Gasteiger partial charge is 0.328 e. The SMILES string of the molecule is CCCCC(C)CC(N)CCC. The van der Waals surface area contributed by atoms with Crippen LogP contribution in [0.25, 0.3) is 0 Å². The summed E-state index contributed by atoms with van der Waals surface area (Å²) < 4.78 is 0. The molecule has 0 fully saturated rings. The van der Waals surface area contributed by atoms with Crippen LogP contribution in [-0.2, 0) is 0 Å². The van der Waals surface area contributed by atoms with Gasteiger partial charge in [-0.05, 0) is 18.8 Å². The van der Waals surface area contributed by atoms with Gasteiger partial charge < -0.3 is 5.73 Å². The molecule has 2 unspecified atom stereocenters. The van der Waals surface area contributed by atoms with Gasteiger partial charge >= 0.3 is 0 Å². The lowest BCUT2D eigenvalue weighted by Gasteiger charge is -2.16. The first-order valence-electron chi connectivity index (χ1n) is 5.46. The maximum Gasteiger partial charge on any atom is 0.00412 e. The Morgan fingerprint density at radius 3 is 2.25 bits per heavy atom. The molecular weight excluding hydrogens is 146 g/mol. The standard InChI is InChI=1S/C11H25N/c1-4-6-8-10(3)9-11(12)7-5-2/h10-11H,4-9,12H2,1-3H3. The molecule has 0 heterocycles. The van der Waals surface area contributed by atoms with Crippen molar-refractivity contribution in [1.29, 1.82) is 0 Å². The molecule has 0 aromatic rings. The summed E-state index contributed by atoms with van der Waals surface area (Å²) in [6.07, 6.45) is 7.66. The summed E-state index contributed by atoms with van der Waals surface area (Å²) in [7, 11) is 0. The van der Waals surface area contributed by atoms with Gasteiger partial charge in [-0.15, -0.1) is 0 Å². The smallest absolute Gasteiger partial charge is 0.00412 e. The molecule has 0 aliphatic rings. The summed E-state index contributed by atoms with van der Waals surface area (Å²) in [6, 6.07) is 0.446. The van der Waals surface area contributed by atoms with E-state index in [0.717, 1.165) is 5.92 Å². The zero-order valence-corrected chi connectivity index (χ0v) is 8.97. The number of unbranched alkanes of at least 4 members (excludes halogenated alkanes) is 1. The van der Waals surface area contributed by atoms with Crippen molar-refractivity contribution in [3.63, 3.8) is 0 Å². The molecule has 0 aliphatic carbocycles. The second-order valence-corrected chi connectivity index (χ2v) is 4.03. The van der Waals surface area contributed by atoms with E-state index in [4.69, 9.17) is 5.73 Å². The van der Waals surface area contributed by atoms with E-state index < -0.39 is 0 Å². The molecule has 2 N–H and O–H groups in total. The minimum absolute atomic E-state index is 0.446. The third-order valence-electron chi connectivity index (χ3n) is 2.42. The Morgan fingerprint density at radius 1 is 1.08 bits per heavy atom. The molecule has 0 bridgehead atoms. The zero-order valence-electron chi connectivity index (χ0n) is 8.97. The molecule has 0 aromatic carbocycles. The Morgan fingerprint density at radius 2 is 1.75 bits per heavy atom. The van der Waals surface area contributed by atoms with Crippen LogP contribution in [-0.4, -0.2) is 6.04 Å². The van der Waals surface area contributed by atoms with E-state index in [0.29, 0.717) is 6.04 Å². The van der Waals surface area contributed by atoms with Crippen LogP contribution >= 0.6 is 0 Å². The Balaban J connectivity index is 3.33. The first-order chi connectivity index (χ1) is 5.70. The van der Waals surface area contributed by atoms with Gasteiger partial charge in [0.15, 0.2) is 0 Å². The predicted octanol–water partition coefficient (Wildman–Crippen LogP) is 3.33. The van der Waals surface area contributed by atoms with Gasteiger partial charge in [0.25, 0.3) is 0 Å². The molecular formula is C11H25N. The fraction of sp³-hybridized carbons (Fsp3) is 1.00. The van der Waals surface area contributed by atoms with E-state index in [1.807, 2.05) is 0 Å². The van der Waals surface area contributed by atoms with Crippen LogP contribution in [0.5, 0.6) is 0 Å². The van der Waals surface area contributed by atoms with E-state index in [1.54, 1.807) is 0 Å². The molecule has 0 saturated heterocycles. The molecule has 12 heavy (non-hydrogen) atoms. The lowest BCUT2D eigenvalue weighted by Crippen LogP contribution is -2.22. The maximum atomic E-state index is 5.96. The fourth-order valence-electron chi connectivity index (χ4n) is 1.68. The van der Waals surface area contributed by atoms with Gasteiger partial charge in [-0.25, -0.2) is 0 Å². The monoisotopic (exact) mass is 171 g/mol. The van der Waals surface area contributed by atoms with Crippen LogP contribution in [0.3, 0.4) is 0 Å². The minimum atomic E-state index is 0.446. The summed E-state index contributed by atoms with van der Waals surface area (Å²) in [5.74, 6) is 0.825. The van der Waals surface area contributed by atoms with E-state index in [2.05, 4.69) is 20.8 Å². The molecule has 0 saturated carbocycles. The highest BCUT2D eigenvalue weighted by molar-refractivity contribution is 4.64. The number of rotatable bonds is 7. The highest BCUT2D eigenvalue weighted by Gasteiger charge is 2.07. The van der Waals surface area contributed by atoms with Crippen molar-refractivity contribution in [2.75, 3.05) is 0 Å². The molecule has 0 rings (SSSR count). The van der Waals surface area contributed by atoms with Gasteiger partial charge in [-0.2, -0.15) is 0 Å². The van der Waals surface area contributed by atoms with Crippen molar-refractivity contribution >= 4 is 0 Å². The molecule has 1 nitrogen and oxygen atoms in total. The molecule has 2 atom stereocenters. The van der Waals surface area contributed by atoms with Crippen molar-refractivity contribution in [3.8, 4) is 0 Å². The predicted molar refractivity (Wildman–Crippen MR) is 56.2 cm³/mol. The summed E-state index contributed by atoms with van der Waals surface area (Å²) in [5.41, 5.74) is 5.96. The van der Waals surface area contributed by atoms with E-state index in [9.17, 15) is 0 Å². The average molecular weight is 171 g/mol. The maximum absolute atomic E-state index is 5.96. The number of hydrogen-bond acceptors (Lipinski definition) is 1. The van der Waals surface area contributed by atoms with Crippen LogP contribution in [0, 0.1) is 5.92 Å². The van der Waals surface area contributed by atoms with Gasteiger partial charge in [0, 0.05) is 6.04 Å². The molecule has 1 heteroatoms. The Labute approximate surface area is 77.7 Å². The molecule has 74 valence electrons. The fourth-order valence-corrected chi connectivity index (χ4v) is 1.68. The third kappa shape index (κ3) is 6.66. The van der Waals surface area contributed by atoms with Gasteiger partial charge in [0.1, 0.15) is 0 Å². The first kappa shape index (κ1) is 12.0. The third-order valence-corrected chi connectivity index (χ3v) is 2.42. The van der Waals surface area contributed by atoms with Crippen molar-refractivity contribution in [3.05, 3.63) is 0 Å². The highest BCUT2D eigenvalue weighted by Crippen LogP contribution is 2.14. The second kappa shape index (κ2) is 7.60. The molecule has 0 aromatic heterocycles. The average Bonchev–Trinajstić information content (AvgIpc) is 2.01. The Bertz CT molecular complexity index is 91.0. The minimum Gasteiger partial charge on any atom is -0.328 e. The van der Waals surface area contributed by atoms with E-state index in [-0.39, 0.29) is 0 Å². The van der Waals surface area contributed by atoms with Crippen molar-refractivity contribution < 1.29 is 0 Å². The van der Waals surface area contributed by atoms with Crippen LogP contribution < -0.4 is 5.73 Å². The van der Waals surface area contributed by atoms with Crippen LogP contribution in [0.4, 0.5) is 0 Å². The highest BCUT2D eigenvalue weighted by atomic mass is 14.6. The normalized spacial score (nSPS) is 16.0. The van der Waals surface area contributed by atoms with Gasteiger partial charge in [-0.3, -0.25) is 0 Å². The number of hydrogen-bond donors (Lipinski definition) is 1. The van der Waals surface area contributed by atoms with Gasteiger partial charge in [-0.1, -0.05) is 46.5 Å². The summed E-state index contributed by atoms with van der Waals surface area (Å²) in [6.45, 7) is 6.78. The van der Waals surface area contributed by atoms with Crippen LogP contribution in [0.2, 0.25) is 0 Å². The topological polar surface area (TPSA) is 26.0 Å². The van der Waals surface area contributed by atoms with E-state index in [1.165, 1.54) is 38.5 Å². The lowest BCUT2D eigenvalue weighted by molar-refractivity contribution is 0.410. The first-order valence-corrected chi connectivity index (χ1v) is 5.46. The van der Waals surface area contributed by atoms with Crippen LogP contribution in [0.15, 0.2) is 0 Å². The van der Waals surface area contributed by atoms with Crippen molar-refractivity contribution in [2.24, 2.45) is 11.7 Å². The van der Waals surface area contributed by atoms with E-state index >= 15 is 0 Å². The van der Waals surface area contributed by atoms with Crippen molar-refractivity contribution in [1.82, 2.24) is 0 Å². The van der Waals surface area contributed by atoms with Crippen LogP contribution in [0.1, 0.15) is 59.3 Å². The Kier molecular flexibility index (Phi) is 7.58. The molecule has 0 radical (unpaired) electrons. The Hall–Kier alpha value is -0.0400. The number of nitrogens with two attached hydrogens (primary N) is 1. The molecule has 0 spiro atoms. The second-order valence-electron chi connectivity index (χ2n) is 4.03. The molecule has 0 aliphatic heterocycles. The zero-order chi connectivity index (χ0) is 9.40. The van der Waals surface area contributed by atoms with Gasteiger partial charge in [0.05, 0.1) is 0 Å². The summed E-state index contributed by atoms with van der Waals surface area (Å²) in [5, 5.41) is 0. The molecule has 0 amide bonds. The quantitative estimate of drug-likeness (QED) is 0.624. The lowest BCUT2D eigenvalue weighted by atomic mass is 9.95. The summed E-state index contributed by atoms with van der Waals surface area (Å²) in [4.78, 5) is 0.